The van der Waals surface area contributed by atoms with E-state index in [1.54, 1.807) is 0 Å². The van der Waals surface area contributed by atoms with E-state index in [4.69, 9.17) is 10.00 Å². The Morgan fingerprint density at radius 2 is 1.94 bits per heavy atom. The fraction of sp³-hybridized carbons (Fsp3) is 0.467. The van der Waals surface area contributed by atoms with Gasteiger partial charge in [-0.1, -0.05) is 30.3 Å². The van der Waals surface area contributed by atoms with E-state index in [1.165, 1.54) is 0 Å². The summed E-state index contributed by atoms with van der Waals surface area (Å²) in [6, 6.07) is 12.0. The average molecular weight is 245 g/mol. The summed E-state index contributed by atoms with van der Waals surface area (Å²) in [5.74, 6) is -0.140. The number of nitriles is 1. The van der Waals surface area contributed by atoms with Crippen LogP contribution >= 0.6 is 0 Å². The normalized spacial score (nSPS) is 9.72. The van der Waals surface area contributed by atoms with Crippen molar-refractivity contribution in [2.75, 3.05) is 6.61 Å². The molecule has 0 fully saturated rings. The van der Waals surface area contributed by atoms with E-state index in [1.807, 2.05) is 30.3 Å². The second-order valence-corrected chi connectivity index (χ2v) is 4.17. The Morgan fingerprint density at radius 1 is 1.17 bits per heavy atom. The van der Waals surface area contributed by atoms with Gasteiger partial charge in [0.1, 0.15) is 0 Å². The lowest BCUT2D eigenvalue weighted by Crippen LogP contribution is -2.07. The molecule has 0 bridgehead atoms. The Kier molecular flexibility index (Phi) is 7.31. The van der Waals surface area contributed by atoms with Gasteiger partial charge >= 0.3 is 5.97 Å². The first-order valence-corrected chi connectivity index (χ1v) is 6.39. The molecule has 0 aliphatic heterocycles. The van der Waals surface area contributed by atoms with Gasteiger partial charge < -0.3 is 4.74 Å². The number of hydrogen-bond donors (Lipinski definition) is 0. The van der Waals surface area contributed by atoms with Crippen molar-refractivity contribution in [1.82, 2.24) is 0 Å². The van der Waals surface area contributed by atoms with E-state index in [-0.39, 0.29) is 5.97 Å². The zero-order valence-corrected chi connectivity index (χ0v) is 10.6. The monoisotopic (exact) mass is 245 g/mol. The van der Waals surface area contributed by atoms with Crippen LogP contribution in [0.2, 0.25) is 0 Å². The maximum atomic E-state index is 11.4. The SMILES string of the molecule is N#CCCCCCOC(=O)CCc1ccccc1. The van der Waals surface area contributed by atoms with Crippen LogP contribution in [0.15, 0.2) is 30.3 Å². The van der Waals surface area contributed by atoms with Crippen LogP contribution < -0.4 is 0 Å². The molecule has 3 heteroatoms. The summed E-state index contributed by atoms with van der Waals surface area (Å²) in [5, 5.41) is 8.35. The van der Waals surface area contributed by atoms with E-state index >= 15 is 0 Å². The second kappa shape index (κ2) is 9.23. The highest BCUT2D eigenvalue weighted by atomic mass is 16.5. The third-order valence-corrected chi connectivity index (χ3v) is 2.66. The lowest BCUT2D eigenvalue weighted by Gasteiger charge is -2.04. The van der Waals surface area contributed by atoms with Crippen LogP contribution in [0.25, 0.3) is 0 Å². The molecule has 18 heavy (non-hydrogen) atoms. The molecule has 1 rings (SSSR count). The summed E-state index contributed by atoms with van der Waals surface area (Å²) in [7, 11) is 0. The number of carbonyl (C=O) groups is 1. The van der Waals surface area contributed by atoms with Gasteiger partial charge in [0, 0.05) is 12.8 Å². The largest absolute Gasteiger partial charge is 0.466 e. The van der Waals surface area contributed by atoms with Crippen molar-refractivity contribution in [3.8, 4) is 6.07 Å². The summed E-state index contributed by atoms with van der Waals surface area (Å²) < 4.78 is 5.12. The minimum absolute atomic E-state index is 0.140. The molecule has 0 unspecified atom stereocenters. The van der Waals surface area contributed by atoms with Crippen molar-refractivity contribution in [1.29, 1.82) is 5.26 Å². The predicted molar refractivity (Wildman–Crippen MR) is 69.8 cm³/mol. The molecule has 0 radical (unpaired) electrons. The van der Waals surface area contributed by atoms with Gasteiger partial charge in [0.05, 0.1) is 12.7 Å². The molecule has 0 amide bonds. The molecule has 1 aromatic carbocycles. The standard InChI is InChI=1S/C15H19NO2/c16-12-6-1-2-7-13-18-15(17)11-10-14-8-4-3-5-9-14/h3-5,8-9H,1-2,6-7,10-11,13H2. The number of hydrogen-bond acceptors (Lipinski definition) is 3. The van der Waals surface area contributed by atoms with Gasteiger partial charge in [-0.05, 0) is 31.2 Å². The van der Waals surface area contributed by atoms with Crippen molar-refractivity contribution < 1.29 is 9.53 Å². The minimum Gasteiger partial charge on any atom is -0.466 e. The van der Waals surface area contributed by atoms with Gasteiger partial charge in [0.25, 0.3) is 0 Å². The lowest BCUT2D eigenvalue weighted by atomic mass is 10.1. The third kappa shape index (κ3) is 6.70. The zero-order valence-electron chi connectivity index (χ0n) is 10.6. The van der Waals surface area contributed by atoms with Crippen LogP contribution in [-0.2, 0) is 16.0 Å². The number of rotatable bonds is 8. The van der Waals surface area contributed by atoms with E-state index < -0.39 is 0 Å². The topological polar surface area (TPSA) is 50.1 Å². The van der Waals surface area contributed by atoms with Gasteiger partial charge in [-0.15, -0.1) is 0 Å². The van der Waals surface area contributed by atoms with E-state index in [9.17, 15) is 4.79 Å². The number of carbonyl (C=O) groups excluding carboxylic acids is 1. The summed E-state index contributed by atoms with van der Waals surface area (Å²) in [6.45, 7) is 0.471. The average Bonchev–Trinajstić information content (AvgIpc) is 2.41. The molecule has 0 aliphatic carbocycles. The van der Waals surface area contributed by atoms with Crippen LogP contribution in [0.5, 0.6) is 0 Å². The predicted octanol–water partition coefficient (Wildman–Crippen LogP) is 3.25. The first-order chi connectivity index (χ1) is 8.83. The fourth-order valence-corrected chi connectivity index (χ4v) is 1.63. The van der Waals surface area contributed by atoms with E-state index in [0.717, 1.165) is 31.2 Å². The van der Waals surface area contributed by atoms with Crippen LogP contribution in [0.1, 0.15) is 37.7 Å². The van der Waals surface area contributed by atoms with Gasteiger partial charge in [0.2, 0.25) is 0 Å². The van der Waals surface area contributed by atoms with Crippen molar-refractivity contribution in [3.05, 3.63) is 35.9 Å². The zero-order chi connectivity index (χ0) is 13.1. The van der Waals surface area contributed by atoms with E-state index in [0.29, 0.717) is 19.4 Å². The Balaban J connectivity index is 2.03. The van der Waals surface area contributed by atoms with Gasteiger partial charge in [-0.2, -0.15) is 5.26 Å². The number of nitrogens with zero attached hydrogens (tertiary/aromatic N) is 1. The number of unbranched alkanes of at least 4 members (excludes halogenated alkanes) is 3. The molecule has 0 atom stereocenters. The van der Waals surface area contributed by atoms with Gasteiger partial charge in [0.15, 0.2) is 0 Å². The molecule has 0 spiro atoms. The maximum Gasteiger partial charge on any atom is 0.306 e. The lowest BCUT2D eigenvalue weighted by molar-refractivity contribution is -0.143. The Hall–Kier alpha value is -1.82. The van der Waals surface area contributed by atoms with Crippen LogP contribution in [0.3, 0.4) is 0 Å². The molecule has 3 nitrogen and oxygen atoms in total. The quantitative estimate of drug-likeness (QED) is 0.522. The first-order valence-electron chi connectivity index (χ1n) is 6.39. The summed E-state index contributed by atoms with van der Waals surface area (Å²) >= 11 is 0. The smallest absolute Gasteiger partial charge is 0.306 e. The number of esters is 1. The first kappa shape index (κ1) is 14.2. The fourth-order valence-electron chi connectivity index (χ4n) is 1.63. The molecular weight excluding hydrogens is 226 g/mol. The highest BCUT2D eigenvalue weighted by Gasteiger charge is 2.03. The molecule has 0 heterocycles. The molecule has 0 saturated heterocycles. The van der Waals surface area contributed by atoms with Crippen molar-refractivity contribution in [2.45, 2.75) is 38.5 Å². The van der Waals surface area contributed by atoms with Crippen molar-refractivity contribution in [3.63, 3.8) is 0 Å². The molecular formula is C15H19NO2. The van der Waals surface area contributed by atoms with Crippen LogP contribution in [0, 0.1) is 11.3 Å². The number of aryl methyl sites for hydroxylation is 1. The molecule has 0 saturated carbocycles. The molecule has 0 N–H and O–H groups in total. The summed E-state index contributed by atoms with van der Waals surface area (Å²) in [5.41, 5.74) is 1.16. The summed E-state index contributed by atoms with van der Waals surface area (Å²) in [6.07, 6.45) is 4.43. The molecule has 1 aromatic rings. The van der Waals surface area contributed by atoms with Gasteiger partial charge in [-0.25, -0.2) is 0 Å². The molecule has 0 aromatic heterocycles. The summed E-state index contributed by atoms with van der Waals surface area (Å²) in [4.78, 5) is 11.4. The Labute approximate surface area is 108 Å². The highest BCUT2D eigenvalue weighted by molar-refractivity contribution is 5.69. The van der Waals surface area contributed by atoms with E-state index in [2.05, 4.69) is 6.07 Å². The van der Waals surface area contributed by atoms with Crippen molar-refractivity contribution >= 4 is 5.97 Å². The number of benzene rings is 1. The minimum atomic E-state index is -0.140. The van der Waals surface area contributed by atoms with Crippen LogP contribution in [0.4, 0.5) is 0 Å². The third-order valence-electron chi connectivity index (χ3n) is 2.66. The Bertz CT molecular complexity index is 381. The Morgan fingerprint density at radius 3 is 2.67 bits per heavy atom. The molecule has 0 aliphatic rings. The maximum absolute atomic E-state index is 11.4. The highest BCUT2D eigenvalue weighted by Crippen LogP contribution is 2.04. The number of ether oxygens (including phenoxy) is 1. The van der Waals surface area contributed by atoms with Crippen LogP contribution in [-0.4, -0.2) is 12.6 Å². The second-order valence-electron chi connectivity index (χ2n) is 4.17. The van der Waals surface area contributed by atoms with Gasteiger partial charge in [-0.3, -0.25) is 4.79 Å². The molecule has 96 valence electrons. The van der Waals surface area contributed by atoms with Crippen molar-refractivity contribution in [2.24, 2.45) is 0 Å².